The SMILES string of the molecule is COC1(c2ccnc(C(N)=O)c2)[C@@H]2CCC[C@H]1CN(C1CC3(COC3)C1)C2. The lowest BCUT2D eigenvalue weighted by atomic mass is 9.59. The smallest absolute Gasteiger partial charge is 0.267 e. The fraction of sp³-hybridized carbons (Fsp3) is 0.714. The van der Waals surface area contributed by atoms with Crippen molar-refractivity contribution in [2.45, 2.75) is 43.7 Å². The molecule has 2 bridgehead atoms. The predicted octanol–water partition coefficient (Wildman–Crippen LogP) is 1.93. The number of primary amides is 1. The van der Waals surface area contributed by atoms with E-state index < -0.39 is 5.91 Å². The van der Waals surface area contributed by atoms with Gasteiger partial charge >= 0.3 is 0 Å². The molecule has 6 nitrogen and oxygen atoms in total. The molecule has 1 aromatic rings. The van der Waals surface area contributed by atoms with Crippen LogP contribution in [0.15, 0.2) is 18.3 Å². The van der Waals surface area contributed by atoms with Crippen LogP contribution in [0.1, 0.15) is 48.2 Å². The molecule has 6 heteroatoms. The van der Waals surface area contributed by atoms with Crippen molar-refractivity contribution in [1.29, 1.82) is 0 Å². The van der Waals surface area contributed by atoms with Gasteiger partial charge in [-0.15, -0.1) is 0 Å². The molecule has 0 aromatic carbocycles. The fourth-order valence-corrected chi connectivity index (χ4v) is 6.32. The molecule has 4 fully saturated rings. The number of nitrogens with zero attached hydrogens (tertiary/aromatic N) is 2. The van der Waals surface area contributed by atoms with E-state index in [-0.39, 0.29) is 5.60 Å². The molecule has 0 radical (unpaired) electrons. The highest BCUT2D eigenvalue weighted by molar-refractivity contribution is 5.90. The molecule has 2 N–H and O–H groups in total. The highest BCUT2D eigenvalue weighted by Gasteiger charge is 2.57. The zero-order chi connectivity index (χ0) is 18.6. The molecule has 5 rings (SSSR count). The standard InChI is InChI=1S/C21H29N3O3/c1-26-21(14-5-6-23-18(7-14)19(22)25)15-3-2-4-16(21)11-24(10-15)17-8-20(9-17)12-27-13-20/h5-7,15-17H,2-4,8-13H2,1H3,(H2,22,25)/t15-,16+,21?. The maximum atomic E-state index is 11.7. The molecule has 1 spiro atoms. The minimum Gasteiger partial charge on any atom is -0.380 e. The van der Waals surface area contributed by atoms with E-state index in [2.05, 4.69) is 9.88 Å². The Hall–Kier alpha value is -1.50. The number of piperidine rings is 1. The number of amides is 1. The number of methoxy groups -OCH3 is 1. The molecule has 1 aromatic heterocycles. The Morgan fingerprint density at radius 3 is 2.56 bits per heavy atom. The summed E-state index contributed by atoms with van der Waals surface area (Å²) in [6.07, 6.45) is 7.85. The van der Waals surface area contributed by atoms with Crippen LogP contribution in [0, 0.1) is 17.3 Å². The lowest BCUT2D eigenvalue weighted by molar-refractivity contribution is -0.215. The van der Waals surface area contributed by atoms with E-state index >= 15 is 0 Å². The summed E-state index contributed by atoms with van der Waals surface area (Å²) < 4.78 is 11.7. The summed E-state index contributed by atoms with van der Waals surface area (Å²) in [7, 11) is 1.83. The summed E-state index contributed by atoms with van der Waals surface area (Å²) in [5.41, 5.74) is 7.05. The number of pyridine rings is 1. The third kappa shape index (κ3) is 2.57. The van der Waals surface area contributed by atoms with Gasteiger partial charge in [-0.1, -0.05) is 6.42 Å². The second-order valence-electron chi connectivity index (χ2n) is 9.12. The maximum Gasteiger partial charge on any atom is 0.267 e. The van der Waals surface area contributed by atoms with Crippen molar-refractivity contribution in [2.24, 2.45) is 23.0 Å². The van der Waals surface area contributed by atoms with Gasteiger partial charge in [-0.05, 0) is 43.4 Å². The molecule has 2 aliphatic heterocycles. The van der Waals surface area contributed by atoms with Crippen molar-refractivity contribution in [1.82, 2.24) is 9.88 Å². The topological polar surface area (TPSA) is 77.7 Å². The first-order valence-corrected chi connectivity index (χ1v) is 10.2. The van der Waals surface area contributed by atoms with E-state index in [0.717, 1.165) is 44.7 Å². The Kier molecular flexibility index (Phi) is 4.08. The Balaban J connectivity index is 1.42. The van der Waals surface area contributed by atoms with Gasteiger partial charge in [-0.25, -0.2) is 0 Å². The summed E-state index contributed by atoms with van der Waals surface area (Å²) in [6.45, 7) is 4.05. The average Bonchev–Trinajstić information content (AvgIpc) is 2.58. The Morgan fingerprint density at radius 1 is 1.30 bits per heavy atom. The van der Waals surface area contributed by atoms with Gasteiger partial charge in [0.05, 0.1) is 13.2 Å². The molecule has 27 heavy (non-hydrogen) atoms. The third-order valence-electron chi connectivity index (χ3n) is 7.70. The number of fused-ring (bicyclic) bond motifs is 2. The van der Waals surface area contributed by atoms with Crippen LogP contribution in [-0.2, 0) is 15.1 Å². The number of hydrogen-bond acceptors (Lipinski definition) is 5. The molecule has 1 unspecified atom stereocenters. The second-order valence-corrected chi connectivity index (χ2v) is 9.12. The van der Waals surface area contributed by atoms with E-state index in [1.807, 2.05) is 19.2 Å². The number of likely N-dealkylation sites (tertiary alicyclic amines) is 1. The second kappa shape index (κ2) is 6.26. The van der Waals surface area contributed by atoms with E-state index in [1.165, 1.54) is 19.3 Å². The van der Waals surface area contributed by atoms with Crippen molar-refractivity contribution in [2.75, 3.05) is 33.4 Å². The molecule has 1 amide bonds. The predicted molar refractivity (Wildman–Crippen MR) is 100 cm³/mol. The zero-order valence-electron chi connectivity index (χ0n) is 16.0. The summed E-state index contributed by atoms with van der Waals surface area (Å²) in [5.74, 6) is 0.396. The minimum atomic E-state index is -0.479. The average molecular weight is 371 g/mol. The van der Waals surface area contributed by atoms with E-state index in [9.17, 15) is 4.79 Å². The zero-order valence-corrected chi connectivity index (χ0v) is 16.0. The highest BCUT2D eigenvalue weighted by Crippen LogP contribution is 2.55. The summed E-state index contributed by atoms with van der Waals surface area (Å²) in [4.78, 5) is 18.5. The van der Waals surface area contributed by atoms with Crippen molar-refractivity contribution in [3.05, 3.63) is 29.6 Å². The highest BCUT2D eigenvalue weighted by atomic mass is 16.5. The summed E-state index contributed by atoms with van der Waals surface area (Å²) >= 11 is 0. The van der Waals surface area contributed by atoms with Crippen LogP contribution in [0.2, 0.25) is 0 Å². The summed E-state index contributed by atoms with van der Waals surface area (Å²) in [6, 6.07) is 4.57. The Bertz CT molecular complexity index is 726. The van der Waals surface area contributed by atoms with Gasteiger partial charge < -0.3 is 15.2 Å². The van der Waals surface area contributed by atoms with Crippen LogP contribution in [0.25, 0.3) is 0 Å². The molecular weight excluding hydrogens is 342 g/mol. The first kappa shape index (κ1) is 17.6. The number of carbonyl (C=O) groups excluding carboxylic acids is 1. The maximum absolute atomic E-state index is 11.7. The molecule has 2 saturated heterocycles. The lowest BCUT2D eigenvalue weighted by Crippen LogP contribution is -2.66. The minimum absolute atomic E-state index is 0.329. The van der Waals surface area contributed by atoms with Gasteiger partial charge in [0, 0.05) is 49.7 Å². The first-order valence-electron chi connectivity index (χ1n) is 10.2. The lowest BCUT2D eigenvalue weighted by Gasteiger charge is -2.61. The van der Waals surface area contributed by atoms with Crippen molar-refractivity contribution in [3.63, 3.8) is 0 Å². The van der Waals surface area contributed by atoms with Gasteiger partial charge in [-0.3, -0.25) is 14.7 Å². The number of carbonyl (C=O) groups is 1. The molecule has 4 aliphatic rings. The number of hydrogen-bond donors (Lipinski definition) is 1. The van der Waals surface area contributed by atoms with Crippen molar-refractivity contribution in [3.8, 4) is 0 Å². The molecule has 3 atom stereocenters. The third-order valence-corrected chi connectivity index (χ3v) is 7.70. The molecule has 146 valence electrons. The van der Waals surface area contributed by atoms with E-state index in [0.29, 0.717) is 29.0 Å². The largest absolute Gasteiger partial charge is 0.380 e. The van der Waals surface area contributed by atoms with Crippen LogP contribution >= 0.6 is 0 Å². The van der Waals surface area contributed by atoms with Gasteiger partial charge in [-0.2, -0.15) is 0 Å². The Morgan fingerprint density at radius 2 is 2.00 bits per heavy atom. The van der Waals surface area contributed by atoms with Gasteiger partial charge in [0.15, 0.2) is 0 Å². The van der Waals surface area contributed by atoms with Crippen LogP contribution in [0.4, 0.5) is 0 Å². The molecule has 3 heterocycles. The molecule has 2 aliphatic carbocycles. The number of nitrogens with two attached hydrogens (primary N) is 1. The first-order chi connectivity index (χ1) is 13.1. The molecule has 2 saturated carbocycles. The van der Waals surface area contributed by atoms with Crippen LogP contribution in [0.5, 0.6) is 0 Å². The van der Waals surface area contributed by atoms with Gasteiger partial charge in [0.1, 0.15) is 11.3 Å². The van der Waals surface area contributed by atoms with Crippen LogP contribution in [0.3, 0.4) is 0 Å². The monoisotopic (exact) mass is 371 g/mol. The quantitative estimate of drug-likeness (QED) is 0.875. The van der Waals surface area contributed by atoms with Crippen LogP contribution < -0.4 is 5.73 Å². The van der Waals surface area contributed by atoms with E-state index in [4.69, 9.17) is 15.2 Å². The number of rotatable bonds is 4. The van der Waals surface area contributed by atoms with Crippen LogP contribution in [-0.4, -0.2) is 55.2 Å². The molecular formula is C21H29N3O3. The van der Waals surface area contributed by atoms with Gasteiger partial charge in [0.25, 0.3) is 5.91 Å². The number of aromatic nitrogens is 1. The Labute approximate surface area is 160 Å². The van der Waals surface area contributed by atoms with Crippen molar-refractivity contribution >= 4 is 5.91 Å². The van der Waals surface area contributed by atoms with Crippen molar-refractivity contribution < 1.29 is 14.3 Å². The van der Waals surface area contributed by atoms with Gasteiger partial charge in [0.2, 0.25) is 0 Å². The van der Waals surface area contributed by atoms with E-state index in [1.54, 1.807) is 6.20 Å². The summed E-state index contributed by atoms with van der Waals surface area (Å²) in [5, 5.41) is 0. The fourth-order valence-electron chi connectivity index (χ4n) is 6.32. The number of ether oxygens (including phenoxy) is 2. The normalized spacial score (nSPS) is 35.4.